The van der Waals surface area contributed by atoms with Gasteiger partial charge in [-0.15, -0.1) is 5.10 Å². The average Bonchev–Trinajstić information content (AvgIpc) is 3.09. The molecular formula is C17H16BrN3O2S. The van der Waals surface area contributed by atoms with Crippen LogP contribution in [-0.2, 0) is 5.75 Å². The summed E-state index contributed by atoms with van der Waals surface area (Å²) in [4.78, 5) is 4.54. The molecule has 3 rings (SSSR count). The minimum atomic E-state index is 0.697. The molecule has 0 aliphatic rings. The maximum absolute atomic E-state index is 5.36. The SMILES string of the molecule is COc1ccc(CSc2n[nH]c(-c3ccccc3OC)n2)cc1Br. The van der Waals surface area contributed by atoms with E-state index in [4.69, 9.17) is 9.47 Å². The van der Waals surface area contributed by atoms with Crippen molar-refractivity contribution >= 4 is 27.7 Å². The van der Waals surface area contributed by atoms with Gasteiger partial charge in [0.05, 0.1) is 24.3 Å². The lowest BCUT2D eigenvalue weighted by atomic mass is 10.2. The second kappa shape index (κ2) is 7.72. The van der Waals surface area contributed by atoms with E-state index in [1.165, 1.54) is 0 Å². The van der Waals surface area contributed by atoms with E-state index in [1.807, 2.05) is 42.5 Å². The summed E-state index contributed by atoms with van der Waals surface area (Å²) in [5.41, 5.74) is 2.06. The van der Waals surface area contributed by atoms with Gasteiger partial charge in [0.1, 0.15) is 11.5 Å². The highest BCUT2D eigenvalue weighted by atomic mass is 79.9. The first-order chi connectivity index (χ1) is 11.7. The Balaban J connectivity index is 1.71. The molecular weight excluding hydrogens is 390 g/mol. The van der Waals surface area contributed by atoms with Crippen LogP contribution < -0.4 is 9.47 Å². The molecule has 1 aromatic heterocycles. The minimum absolute atomic E-state index is 0.697. The first kappa shape index (κ1) is 16.9. The summed E-state index contributed by atoms with van der Waals surface area (Å²) < 4.78 is 11.5. The van der Waals surface area contributed by atoms with Crippen molar-refractivity contribution in [2.75, 3.05) is 14.2 Å². The number of aromatic nitrogens is 3. The van der Waals surface area contributed by atoms with Crippen LogP contribution in [0.5, 0.6) is 11.5 Å². The van der Waals surface area contributed by atoms with Gasteiger partial charge in [-0.3, -0.25) is 5.10 Å². The van der Waals surface area contributed by atoms with E-state index >= 15 is 0 Å². The van der Waals surface area contributed by atoms with Gasteiger partial charge in [-0.1, -0.05) is 30.0 Å². The molecule has 0 saturated heterocycles. The van der Waals surface area contributed by atoms with E-state index in [1.54, 1.807) is 26.0 Å². The van der Waals surface area contributed by atoms with Crippen LogP contribution in [0.1, 0.15) is 5.56 Å². The molecule has 1 N–H and O–H groups in total. The number of ether oxygens (including phenoxy) is 2. The number of hydrogen-bond donors (Lipinski definition) is 1. The molecule has 7 heteroatoms. The third-order valence-corrected chi connectivity index (χ3v) is 4.95. The van der Waals surface area contributed by atoms with Crippen molar-refractivity contribution < 1.29 is 9.47 Å². The number of aromatic amines is 1. The van der Waals surface area contributed by atoms with Crippen LogP contribution in [0.25, 0.3) is 11.4 Å². The Morgan fingerprint density at radius 3 is 2.62 bits per heavy atom. The van der Waals surface area contributed by atoms with Gasteiger partial charge >= 0.3 is 0 Å². The number of nitrogens with zero attached hydrogens (tertiary/aromatic N) is 2. The molecule has 0 aliphatic heterocycles. The van der Waals surface area contributed by atoms with Gasteiger partial charge in [-0.25, -0.2) is 4.98 Å². The predicted molar refractivity (Wildman–Crippen MR) is 98.6 cm³/mol. The van der Waals surface area contributed by atoms with Crippen molar-refractivity contribution in [2.45, 2.75) is 10.9 Å². The Kier molecular flexibility index (Phi) is 5.42. The fraction of sp³-hybridized carbons (Fsp3) is 0.176. The molecule has 0 unspecified atom stereocenters. The van der Waals surface area contributed by atoms with Crippen LogP contribution in [0, 0.1) is 0 Å². The molecule has 0 saturated carbocycles. The zero-order valence-corrected chi connectivity index (χ0v) is 15.6. The van der Waals surface area contributed by atoms with Crippen LogP contribution in [-0.4, -0.2) is 29.4 Å². The largest absolute Gasteiger partial charge is 0.496 e. The van der Waals surface area contributed by atoms with Gasteiger partial charge in [0.2, 0.25) is 5.16 Å². The van der Waals surface area contributed by atoms with Crippen LogP contribution in [0.4, 0.5) is 0 Å². The molecule has 0 atom stereocenters. The van der Waals surface area contributed by atoms with Crippen molar-refractivity contribution in [1.82, 2.24) is 15.2 Å². The van der Waals surface area contributed by atoms with Gasteiger partial charge < -0.3 is 9.47 Å². The predicted octanol–water partition coefficient (Wildman–Crippen LogP) is 4.54. The number of H-pyrrole nitrogens is 1. The minimum Gasteiger partial charge on any atom is -0.496 e. The van der Waals surface area contributed by atoms with E-state index in [2.05, 4.69) is 31.1 Å². The summed E-state index contributed by atoms with van der Waals surface area (Å²) in [6.45, 7) is 0. The zero-order valence-electron chi connectivity index (χ0n) is 13.2. The normalized spacial score (nSPS) is 10.6. The Morgan fingerprint density at radius 2 is 1.88 bits per heavy atom. The Labute approximate surface area is 152 Å². The smallest absolute Gasteiger partial charge is 0.209 e. The van der Waals surface area contributed by atoms with E-state index in [-0.39, 0.29) is 0 Å². The third kappa shape index (κ3) is 3.73. The van der Waals surface area contributed by atoms with Gasteiger partial charge in [-0.2, -0.15) is 0 Å². The van der Waals surface area contributed by atoms with Crippen molar-refractivity contribution in [1.29, 1.82) is 0 Å². The maximum Gasteiger partial charge on any atom is 0.209 e. The number of methoxy groups -OCH3 is 2. The Hall–Kier alpha value is -1.99. The fourth-order valence-corrected chi connectivity index (χ4v) is 3.55. The van der Waals surface area contributed by atoms with Crippen molar-refractivity contribution in [3.63, 3.8) is 0 Å². The fourth-order valence-electron chi connectivity index (χ4n) is 2.22. The molecule has 5 nitrogen and oxygen atoms in total. The first-order valence-corrected chi connectivity index (χ1v) is 9.00. The second-order valence-electron chi connectivity index (χ2n) is 4.92. The average molecular weight is 406 g/mol. The van der Waals surface area contributed by atoms with Crippen molar-refractivity contribution in [3.05, 3.63) is 52.5 Å². The summed E-state index contributed by atoms with van der Waals surface area (Å²) in [7, 11) is 3.30. The summed E-state index contributed by atoms with van der Waals surface area (Å²) in [6.07, 6.45) is 0. The number of para-hydroxylation sites is 1. The summed E-state index contributed by atoms with van der Waals surface area (Å²) in [5.74, 6) is 3.06. The van der Waals surface area contributed by atoms with Crippen LogP contribution >= 0.6 is 27.7 Å². The lowest BCUT2D eigenvalue weighted by Gasteiger charge is -2.05. The molecule has 0 radical (unpaired) electrons. The summed E-state index contributed by atoms with van der Waals surface area (Å²) in [6, 6.07) is 13.7. The number of halogens is 1. The second-order valence-corrected chi connectivity index (χ2v) is 6.72. The Bertz CT molecular complexity index is 838. The van der Waals surface area contributed by atoms with Crippen molar-refractivity contribution in [2.24, 2.45) is 0 Å². The molecule has 2 aromatic carbocycles. The Morgan fingerprint density at radius 1 is 1.08 bits per heavy atom. The first-order valence-electron chi connectivity index (χ1n) is 7.22. The van der Waals surface area contributed by atoms with E-state index < -0.39 is 0 Å². The van der Waals surface area contributed by atoms with Crippen molar-refractivity contribution in [3.8, 4) is 22.9 Å². The number of thioether (sulfide) groups is 1. The lowest BCUT2D eigenvalue weighted by Crippen LogP contribution is -1.88. The van der Waals surface area contributed by atoms with Crippen LogP contribution in [0.15, 0.2) is 52.1 Å². The molecule has 0 aliphatic carbocycles. The monoisotopic (exact) mass is 405 g/mol. The van der Waals surface area contributed by atoms with E-state index in [0.29, 0.717) is 11.0 Å². The van der Waals surface area contributed by atoms with Gasteiger partial charge in [-0.05, 0) is 45.8 Å². The zero-order chi connectivity index (χ0) is 16.9. The van der Waals surface area contributed by atoms with Gasteiger partial charge in [0.15, 0.2) is 5.82 Å². The molecule has 0 fully saturated rings. The molecule has 0 spiro atoms. The molecule has 24 heavy (non-hydrogen) atoms. The molecule has 3 aromatic rings. The summed E-state index contributed by atoms with van der Waals surface area (Å²) in [5, 5.41) is 7.94. The molecule has 1 heterocycles. The van der Waals surface area contributed by atoms with Gasteiger partial charge in [0.25, 0.3) is 0 Å². The van der Waals surface area contributed by atoms with Gasteiger partial charge in [0, 0.05) is 5.75 Å². The molecule has 0 amide bonds. The highest BCUT2D eigenvalue weighted by Crippen LogP contribution is 2.30. The van der Waals surface area contributed by atoms with Crippen LogP contribution in [0.3, 0.4) is 0 Å². The lowest BCUT2D eigenvalue weighted by molar-refractivity contribution is 0.412. The number of hydrogen-bond acceptors (Lipinski definition) is 5. The third-order valence-electron chi connectivity index (χ3n) is 3.41. The molecule has 0 bridgehead atoms. The topological polar surface area (TPSA) is 60.0 Å². The maximum atomic E-state index is 5.36. The number of benzene rings is 2. The number of rotatable bonds is 6. The molecule has 124 valence electrons. The quantitative estimate of drug-likeness (QED) is 0.609. The van der Waals surface area contributed by atoms with E-state index in [0.717, 1.165) is 32.9 Å². The van der Waals surface area contributed by atoms with E-state index in [9.17, 15) is 0 Å². The highest BCUT2D eigenvalue weighted by Gasteiger charge is 2.11. The number of nitrogens with one attached hydrogen (secondary N) is 1. The highest BCUT2D eigenvalue weighted by molar-refractivity contribution is 9.10. The standard InChI is InChI=1S/C17H16BrN3O2S/c1-22-14-6-4-3-5-12(14)16-19-17(21-20-16)24-10-11-7-8-15(23-2)13(18)9-11/h3-9H,10H2,1-2H3,(H,19,20,21). The van der Waals surface area contributed by atoms with Crippen LogP contribution in [0.2, 0.25) is 0 Å². The summed E-state index contributed by atoms with van der Waals surface area (Å²) >= 11 is 5.07.